The van der Waals surface area contributed by atoms with Crippen LogP contribution in [0.25, 0.3) is 0 Å². The van der Waals surface area contributed by atoms with E-state index in [2.05, 4.69) is 15.4 Å². The van der Waals surface area contributed by atoms with Crippen molar-refractivity contribution in [2.75, 3.05) is 5.32 Å². The zero-order chi connectivity index (χ0) is 14.5. The highest BCUT2D eigenvalue weighted by atomic mass is 19.1. The molecule has 0 aliphatic carbocycles. The van der Waals surface area contributed by atoms with E-state index in [-0.39, 0.29) is 12.1 Å². The molecule has 2 rings (SSSR count). The molecule has 1 aromatic heterocycles. The normalized spacial score (nSPS) is 10.2. The van der Waals surface area contributed by atoms with Crippen LogP contribution in [0.15, 0.2) is 30.9 Å². The summed E-state index contributed by atoms with van der Waals surface area (Å²) in [6.07, 6.45) is 2.87. The molecule has 7 nitrogen and oxygen atoms in total. The number of hydrogen-bond donors (Lipinski definition) is 2. The van der Waals surface area contributed by atoms with Crippen LogP contribution in [0, 0.1) is 5.82 Å². The Hall–Kier alpha value is -2.77. The average Bonchev–Trinajstić information content (AvgIpc) is 2.89. The van der Waals surface area contributed by atoms with Crippen molar-refractivity contribution < 1.29 is 19.1 Å². The largest absolute Gasteiger partial charge is 0.478 e. The van der Waals surface area contributed by atoms with Crippen molar-refractivity contribution in [2.45, 2.75) is 13.0 Å². The number of carbonyl (C=O) groups is 2. The second-order valence-electron chi connectivity index (χ2n) is 3.92. The summed E-state index contributed by atoms with van der Waals surface area (Å²) in [6, 6.07) is 3.68. The molecular weight excluding hydrogens is 267 g/mol. The standard InChI is InChI=1S/C12H11FN4O3/c13-8-2-1-3-9(11(8)12(19)20)16-10(18)4-5-17-7-14-6-15-17/h1-3,6-7H,4-5H2,(H,16,18)(H,19,20). The van der Waals surface area contributed by atoms with E-state index in [1.54, 1.807) is 0 Å². The van der Waals surface area contributed by atoms with Crippen molar-refractivity contribution in [1.29, 1.82) is 0 Å². The highest BCUT2D eigenvalue weighted by Crippen LogP contribution is 2.19. The summed E-state index contributed by atoms with van der Waals surface area (Å²) in [7, 11) is 0. The molecule has 20 heavy (non-hydrogen) atoms. The van der Waals surface area contributed by atoms with Crippen molar-refractivity contribution in [3.8, 4) is 0 Å². The Morgan fingerprint density at radius 2 is 2.20 bits per heavy atom. The van der Waals surface area contributed by atoms with Crippen LogP contribution in [0.5, 0.6) is 0 Å². The third kappa shape index (κ3) is 3.16. The number of carboxylic acid groups (broad SMARTS) is 1. The number of hydrogen-bond acceptors (Lipinski definition) is 4. The highest BCUT2D eigenvalue weighted by Gasteiger charge is 2.17. The van der Waals surface area contributed by atoms with Crippen LogP contribution in [-0.4, -0.2) is 31.7 Å². The van der Waals surface area contributed by atoms with E-state index in [1.165, 1.54) is 29.5 Å². The Morgan fingerprint density at radius 3 is 2.85 bits per heavy atom. The minimum absolute atomic E-state index is 0.0684. The maximum atomic E-state index is 13.4. The van der Waals surface area contributed by atoms with Gasteiger partial charge in [0.2, 0.25) is 5.91 Å². The van der Waals surface area contributed by atoms with Gasteiger partial charge in [-0.15, -0.1) is 0 Å². The van der Waals surface area contributed by atoms with Crippen molar-refractivity contribution in [2.24, 2.45) is 0 Å². The third-order valence-electron chi connectivity index (χ3n) is 2.54. The van der Waals surface area contributed by atoms with Gasteiger partial charge in [-0.2, -0.15) is 5.10 Å². The molecule has 0 atom stereocenters. The zero-order valence-electron chi connectivity index (χ0n) is 10.3. The number of aromatic nitrogens is 3. The lowest BCUT2D eigenvalue weighted by Gasteiger charge is -2.09. The Kier molecular flexibility index (Phi) is 4.04. The maximum Gasteiger partial charge on any atom is 0.340 e. The number of benzene rings is 1. The first-order valence-electron chi connectivity index (χ1n) is 5.72. The van der Waals surface area contributed by atoms with Crippen LogP contribution in [0.2, 0.25) is 0 Å². The Morgan fingerprint density at radius 1 is 1.40 bits per heavy atom. The molecular formula is C12H11FN4O3. The molecule has 1 aromatic carbocycles. The molecule has 0 saturated heterocycles. The van der Waals surface area contributed by atoms with Gasteiger partial charge in [-0.1, -0.05) is 6.07 Å². The van der Waals surface area contributed by atoms with Crippen LogP contribution < -0.4 is 5.32 Å². The summed E-state index contributed by atoms with van der Waals surface area (Å²) >= 11 is 0. The van der Waals surface area contributed by atoms with E-state index in [0.717, 1.165) is 6.07 Å². The summed E-state index contributed by atoms with van der Waals surface area (Å²) in [4.78, 5) is 26.4. The van der Waals surface area contributed by atoms with Gasteiger partial charge in [0.15, 0.2) is 0 Å². The third-order valence-corrected chi connectivity index (χ3v) is 2.54. The molecule has 0 fully saturated rings. The van der Waals surface area contributed by atoms with E-state index in [0.29, 0.717) is 6.54 Å². The second-order valence-corrected chi connectivity index (χ2v) is 3.92. The molecule has 0 spiro atoms. The van der Waals surface area contributed by atoms with E-state index < -0.39 is 23.3 Å². The van der Waals surface area contributed by atoms with Gasteiger partial charge < -0.3 is 10.4 Å². The molecule has 1 amide bonds. The first kappa shape index (κ1) is 13.7. The van der Waals surface area contributed by atoms with Crippen LogP contribution in [0.1, 0.15) is 16.8 Å². The number of halogens is 1. The minimum atomic E-state index is -1.44. The van der Waals surface area contributed by atoms with Crippen molar-refractivity contribution in [3.05, 3.63) is 42.2 Å². The molecule has 2 aromatic rings. The second kappa shape index (κ2) is 5.91. The Labute approximate surface area is 113 Å². The quantitative estimate of drug-likeness (QED) is 0.854. The number of aryl methyl sites for hydroxylation is 1. The van der Waals surface area contributed by atoms with Gasteiger partial charge in [-0.25, -0.2) is 14.2 Å². The predicted molar refractivity (Wildman–Crippen MR) is 66.6 cm³/mol. The van der Waals surface area contributed by atoms with Crippen molar-refractivity contribution in [3.63, 3.8) is 0 Å². The summed E-state index contributed by atoms with van der Waals surface area (Å²) in [5, 5.41) is 15.1. The summed E-state index contributed by atoms with van der Waals surface area (Å²) in [6.45, 7) is 0.295. The van der Waals surface area contributed by atoms with Gasteiger partial charge in [-0.3, -0.25) is 9.48 Å². The molecule has 0 aliphatic rings. The first-order chi connectivity index (χ1) is 9.58. The molecule has 0 saturated carbocycles. The van der Waals surface area contributed by atoms with Crippen LogP contribution in [0.4, 0.5) is 10.1 Å². The number of nitrogens with zero attached hydrogens (tertiary/aromatic N) is 3. The fourth-order valence-electron chi connectivity index (χ4n) is 1.62. The molecule has 0 radical (unpaired) electrons. The first-order valence-corrected chi connectivity index (χ1v) is 5.72. The number of carboxylic acids is 1. The van der Waals surface area contributed by atoms with Gasteiger partial charge >= 0.3 is 5.97 Å². The highest BCUT2D eigenvalue weighted by molar-refractivity contribution is 6.00. The number of rotatable bonds is 5. The molecule has 0 unspecified atom stereocenters. The Bertz CT molecular complexity index is 628. The zero-order valence-corrected chi connectivity index (χ0v) is 10.3. The van der Waals surface area contributed by atoms with E-state index in [1.807, 2.05) is 0 Å². The molecule has 8 heteroatoms. The minimum Gasteiger partial charge on any atom is -0.478 e. The van der Waals surface area contributed by atoms with E-state index in [4.69, 9.17) is 5.11 Å². The topological polar surface area (TPSA) is 97.1 Å². The Balaban J connectivity index is 2.04. The number of anilines is 1. The SMILES string of the molecule is O=C(CCn1cncn1)Nc1cccc(F)c1C(=O)O. The summed E-state index contributed by atoms with van der Waals surface area (Å²) in [5.74, 6) is -2.77. The lowest BCUT2D eigenvalue weighted by Crippen LogP contribution is -2.17. The average molecular weight is 278 g/mol. The van der Waals surface area contributed by atoms with Gasteiger partial charge in [-0.05, 0) is 12.1 Å². The monoisotopic (exact) mass is 278 g/mol. The summed E-state index contributed by atoms with van der Waals surface area (Å²) in [5.41, 5.74) is -0.623. The number of amides is 1. The van der Waals surface area contributed by atoms with Crippen molar-refractivity contribution in [1.82, 2.24) is 14.8 Å². The van der Waals surface area contributed by atoms with Gasteiger partial charge in [0.05, 0.1) is 12.2 Å². The van der Waals surface area contributed by atoms with Gasteiger partial charge in [0.25, 0.3) is 0 Å². The smallest absolute Gasteiger partial charge is 0.340 e. The number of carbonyl (C=O) groups excluding carboxylic acids is 1. The van der Waals surface area contributed by atoms with E-state index >= 15 is 0 Å². The summed E-state index contributed by atoms with van der Waals surface area (Å²) < 4.78 is 14.9. The molecule has 104 valence electrons. The fourth-order valence-corrected chi connectivity index (χ4v) is 1.62. The van der Waals surface area contributed by atoms with Crippen molar-refractivity contribution >= 4 is 17.6 Å². The number of nitrogens with one attached hydrogen (secondary N) is 1. The molecule has 0 aliphatic heterocycles. The number of aromatic carboxylic acids is 1. The van der Waals surface area contributed by atoms with Crippen LogP contribution in [0.3, 0.4) is 0 Å². The molecule has 2 N–H and O–H groups in total. The van der Waals surface area contributed by atoms with Gasteiger partial charge in [0, 0.05) is 6.42 Å². The molecule has 0 bridgehead atoms. The van der Waals surface area contributed by atoms with E-state index in [9.17, 15) is 14.0 Å². The maximum absolute atomic E-state index is 13.4. The lowest BCUT2D eigenvalue weighted by molar-refractivity contribution is -0.116. The van der Waals surface area contributed by atoms with Gasteiger partial charge in [0.1, 0.15) is 24.0 Å². The molecule has 1 heterocycles. The van der Waals surface area contributed by atoms with Crippen LogP contribution in [-0.2, 0) is 11.3 Å². The predicted octanol–water partition coefficient (Wildman–Crippen LogP) is 1.14. The lowest BCUT2D eigenvalue weighted by atomic mass is 10.1. The fraction of sp³-hybridized carbons (Fsp3) is 0.167. The van der Waals surface area contributed by atoms with Crippen LogP contribution >= 0.6 is 0 Å².